The molecule has 1 N–H and O–H groups in total. The molecule has 0 radical (unpaired) electrons. The molecule has 1 amide bonds. The quantitative estimate of drug-likeness (QED) is 0.616. The zero-order chi connectivity index (χ0) is 15.8. The number of hydrogen-bond acceptors (Lipinski definition) is 3. The zero-order valence-corrected chi connectivity index (χ0v) is 13.3. The Labute approximate surface area is 133 Å². The van der Waals surface area contributed by atoms with Crippen LogP contribution in [0, 0.1) is 5.92 Å². The van der Waals surface area contributed by atoms with Gasteiger partial charge in [0.15, 0.2) is 0 Å². The molecule has 0 spiro atoms. The predicted octanol–water partition coefficient (Wildman–Crippen LogP) is 4.61. The van der Waals surface area contributed by atoms with Crippen LogP contribution in [0.4, 0.5) is 10.5 Å². The van der Waals surface area contributed by atoms with Gasteiger partial charge in [-0.15, -0.1) is 6.58 Å². The molecular formula is C18H26N2O2. The molecule has 4 heteroatoms. The molecule has 4 nitrogen and oxygen atoms in total. The van der Waals surface area contributed by atoms with E-state index in [1.165, 1.54) is 19.3 Å². The fraction of sp³-hybridized carbons (Fsp3) is 0.500. The van der Waals surface area contributed by atoms with Gasteiger partial charge in [-0.2, -0.15) is 0 Å². The summed E-state index contributed by atoms with van der Waals surface area (Å²) in [5, 5.41) is 1.60. The minimum atomic E-state index is -0.346. The topological polar surface area (TPSA) is 41.6 Å². The number of benzene rings is 1. The van der Waals surface area contributed by atoms with E-state index in [-0.39, 0.29) is 12.1 Å². The second-order valence-electron chi connectivity index (χ2n) is 5.67. The molecule has 0 heterocycles. The number of anilines is 1. The third kappa shape index (κ3) is 4.26. The number of hydrogen-bond donors (Lipinski definition) is 1. The largest absolute Gasteiger partial charge is 0.448 e. The molecule has 1 aliphatic carbocycles. The first kappa shape index (κ1) is 16.4. The molecule has 2 rings (SSSR count). The van der Waals surface area contributed by atoms with Gasteiger partial charge in [0.05, 0.1) is 18.3 Å². The van der Waals surface area contributed by atoms with Gasteiger partial charge < -0.3 is 4.74 Å². The first-order chi connectivity index (χ1) is 10.8. The highest BCUT2D eigenvalue weighted by molar-refractivity contribution is 5.70. The van der Waals surface area contributed by atoms with Crippen LogP contribution in [-0.2, 0) is 4.74 Å². The predicted molar refractivity (Wildman–Crippen MR) is 89.5 cm³/mol. The van der Waals surface area contributed by atoms with Gasteiger partial charge in [-0.25, -0.2) is 9.80 Å². The van der Waals surface area contributed by atoms with Crippen LogP contribution in [0.15, 0.2) is 43.0 Å². The van der Waals surface area contributed by atoms with Gasteiger partial charge >= 0.3 is 6.09 Å². The van der Waals surface area contributed by atoms with Crippen LogP contribution in [0.3, 0.4) is 0 Å². The maximum Gasteiger partial charge on any atom is 0.429 e. The van der Waals surface area contributed by atoms with Gasteiger partial charge in [0, 0.05) is 0 Å². The van der Waals surface area contributed by atoms with Gasteiger partial charge in [0.25, 0.3) is 0 Å². The zero-order valence-electron chi connectivity index (χ0n) is 13.3. The van der Waals surface area contributed by atoms with E-state index in [0.717, 1.165) is 18.5 Å². The molecule has 1 atom stereocenters. The molecule has 1 aromatic rings. The lowest BCUT2D eigenvalue weighted by molar-refractivity contribution is 0.0923. The van der Waals surface area contributed by atoms with Crippen molar-refractivity contribution in [3.8, 4) is 0 Å². The van der Waals surface area contributed by atoms with E-state index in [1.54, 1.807) is 5.01 Å². The van der Waals surface area contributed by atoms with Crippen molar-refractivity contribution in [2.24, 2.45) is 5.92 Å². The van der Waals surface area contributed by atoms with Crippen molar-refractivity contribution in [2.75, 3.05) is 12.0 Å². The van der Waals surface area contributed by atoms with Crippen molar-refractivity contribution in [3.05, 3.63) is 43.0 Å². The number of hydrazine groups is 1. The lowest BCUT2D eigenvalue weighted by Crippen LogP contribution is -2.47. The molecular weight excluding hydrogens is 276 g/mol. The number of carbonyl (C=O) groups is 1. The fourth-order valence-electron chi connectivity index (χ4n) is 3.07. The molecule has 1 aliphatic rings. The summed E-state index contributed by atoms with van der Waals surface area (Å²) in [5.41, 5.74) is 4.07. The van der Waals surface area contributed by atoms with Crippen LogP contribution in [-0.4, -0.2) is 23.8 Å². The first-order valence-electron chi connectivity index (χ1n) is 8.16. The van der Waals surface area contributed by atoms with Crippen molar-refractivity contribution in [1.29, 1.82) is 0 Å². The van der Waals surface area contributed by atoms with Gasteiger partial charge in [0.1, 0.15) is 0 Å². The number of rotatable bonds is 6. The Morgan fingerprint density at radius 1 is 1.36 bits per heavy atom. The van der Waals surface area contributed by atoms with Crippen LogP contribution < -0.4 is 5.43 Å². The molecule has 22 heavy (non-hydrogen) atoms. The second kappa shape index (κ2) is 8.47. The Balaban J connectivity index is 2.17. The van der Waals surface area contributed by atoms with Crippen molar-refractivity contribution >= 4 is 11.8 Å². The summed E-state index contributed by atoms with van der Waals surface area (Å²) in [6, 6.07) is 9.65. The summed E-state index contributed by atoms with van der Waals surface area (Å²) >= 11 is 0. The van der Waals surface area contributed by atoms with Gasteiger partial charge in [-0.05, 0) is 37.8 Å². The number of nitrogens with zero attached hydrogens (tertiary/aromatic N) is 1. The molecule has 0 aromatic heterocycles. The number of amides is 1. The molecule has 1 fully saturated rings. The number of ether oxygens (including phenoxy) is 1. The summed E-state index contributed by atoms with van der Waals surface area (Å²) in [6.45, 7) is 6.13. The number of nitrogens with one attached hydrogen (secondary N) is 1. The van der Waals surface area contributed by atoms with Crippen LogP contribution in [0.5, 0.6) is 0 Å². The smallest absolute Gasteiger partial charge is 0.429 e. The molecule has 1 saturated carbocycles. The third-order valence-corrected chi connectivity index (χ3v) is 4.16. The average Bonchev–Trinajstić information content (AvgIpc) is 2.57. The maximum atomic E-state index is 12.4. The second-order valence-corrected chi connectivity index (χ2v) is 5.67. The number of para-hydroxylation sites is 1. The van der Waals surface area contributed by atoms with Gasteiger partial charge in [-0.3, -0.25) is 5.43 Å². The summed E-state index contributed by atoms with van der Waals surface area (Å²) in [5.74, 6) is 0.437. The van der Waals surface area contributed by atoms with Crippen molar-refractivity contribution in [1.82, 2.24) is 5.01 Å². The van der Waals surface area contributed by atoms with Crippen LogP contribution >= 0.6 is 0 Å². The monoisotopic (exact) mass is 302 g/mol. The summed E-state index contributed by atoms with van der Waals surface area (Å²) < 4.78 is 5.23. The van der Waals surface area contributed by atoms with E-state index in [2.05, 4.69) is 12.0 Å². The fourth-order valence-corrected chi connectivity index (χ4v) is 3.07. The van der Waals surface area contributed by atoms with E-state index in [1.807, 2.05) is 43.3 Å². The van der Waals surface area contributed by atoms with E-state index >= 15 is 0 Å². The Morgan fingerprint density at radius 2 is 2.05 bits per heavy atom. The number of carbonyl (C=O) groups excluding carboxylic acids is 1. The lowest BCUT2D eigenvalue weighted by atomic mass is 9.83. The molecule has 1 unspecified atom stereocenters. The summed E-state index contributed by atoms with van der Waals surface area (Å²) in [7, 11) is 0. The lowest BCUT2D eigenvalue weighted by Gasteiger charge is -2.36. The van der Waals surface area contributed by atoms with Gasteiger partial charge in [0.2, 0.25) is 0 Å². The molecule has 120 valence electrons. The van der Waals surface area contributed by atoms with Crippen LogP contribution in [0.2, 0.25) is 0 Å². The van der Waals surface area contributed by atoms with Crippen LogP contribution in [0.1, 0.15) is 39.0 Å². The first-order valence-corrected chi connectivity index (χ1v) is 8.16. The van der Waals surface area contributed by atoms with E-state index in [9.17, 15) is 4.79 Å². The molecule has 1 aromatic carbocycles. The Hall–Kier alpha value is -1.97. The van der Waals surface area contributed by atoms with Crippen LogP contribution in [0.25, 0.3) is 0 Å². The minimum Gasteiger partial charge on any atom is -0.448 e. The Morgan fingerprint density at radius 3 is 2.64 bits per heavy atom. The Kier molecular flexibility index (Phi) is 6.31. The van der Waals surface area contributed by atoms with E-state index in [4.69, 9.17) is 4.74 Å². The van der Waals surface area contributed by atoms with E-state index < -0.39 is 0 Å². The standard InChI is InChI=1S/C18H26N2O2/c1-3-17(15-11-7-5-8-12-15)20(18(21)22-4-2)19-16-13-9-6-10-14-16/h3,6,9-10,13-15,17,19H,1,4-5,7-8,11-12H2,2H3. The van der Waals surface area contributed by atoms with E-state index in [0.29, 0.717) is 12.5 Å². The minimum absolute atomic E-state index is 0.0560. The SMILES string of the molecule is C=CC(C1CCCCC1)N(Nc1ccccc1)C(=O)OCC. The van der Waals surface area contributed by atoms with Crippen molar-refractivity contribution in [2.45, 2.75) is 45.1 Å². The molecule has 0 bridgehead atoms. The molecule has 0 saturated heterocycles. The highest BCUT2D eigenvalue weighted by Gasteiger charge is 2.31. The maximum absolute atomic E-state index is 12.4. The molecule has 0 aliphatic heterocycles. The highest BCUT2D eigenvalue weighted by atomic mass is 16.6. The highest BCUT2D eigenvalue weighted by Crippen LogP contribution is 2.30. The van der Waals surface area contributed by atoms with Crippen molar-refractivity contribution in [3.63, 3.8) is 0 Å². The normalized spacial score (nSPS) is 16.6. The Bertz CT molecular complexity index is 469. The van der Waals surface area contributed by atoms with Gasteiger partial charge in [-0.1, -0.05) is 43.5 Å². The third-order valence-electron chi connectivity index (χ3n) is 4.16. The van der Waals surface area contributed by atoms with Crippen molar-refractivity contribution < 1.29 is 9.53 Å². The summed E-state index contributed by atoms with van der Waals surface area (Å²) in [4.78, 5) is 12.4. The average molecular weight is 302 g/mol. The summed E-state index contributed by atoms with van der Waals surface area (Å²) in [6.07, 6.45) is 7.50.